The zero-order chi connectivity index (χ0) is 21.7. The van der Waals surface area contributed by atoms with Crippen molar-refractivity contribution in [3.8, 4) is 11.8 Å². The van der Waals surface area contributed by atoms with Crippen LogP contribution in [-0.2, 0) is 10.0 Å². The minimum absolute atomic E-state index is 0.0224. The van der Waals surface area contributed by atoms with E-state index in [4.69, 9.17) is 15.1 Å². The lowest BCUT2D eigenvalue weighted by molar-refractivity contribution is 0.368. The molecule has 0 atom stereocenters. The van der Waals surface area contributed by atoms with E-state index in [1.165, 1.54) is 6.07 Å². The van der Waals surface area contributed by atoms with Crippen molar-refractivity contribution in [3.63, 3.8) is 0 Å². The normalized spacial score (nSPS) is 10.9. The van der Waals surface area contributed by atoms with Gasteiger partial charge in [0.05, 0.1) is 9.37 Å². The summed E-state index contributed by atoms with van der Waals surface area (Å²) in [5.74, 6) is 1.34. The van der Waals surface area contributed by atoms with E-state index in [9.17, 15) is 8.42 Å². The minimum atomic E-state index is -3.84. The van der Waals surface area contributed by atoms with Crippen molar-refractivity contribution in [2.75, 3.05) is 17.2 Å². The minimum Gasteiger partial charge on any atom is -0.479 e. The van der Waals surface area contributed by atoms with Gasteiger partial charge in [0, 0.05) is 17.6 Å². The predicted octanol–water partition coefficient (Wildman–Crippen LogP) is 3.58. The summed E-state index contributed by atoms with van der Waals surface area (Å²) in [5.41, 5.74) is 1.78. The molecule has 0 saturated carbocycles. The SMILES string of the molecule is Cc1ccc(Nc2ncc(Br)c(Nc3ccc(OCC#N)cc3)n2)cc1S(N)(=O)=O. The van der Waals surface area contributed by atoms with Gasteiger partial charge in [0.1, 0.15) is 17.6 Å². The number of aromatic nitrogens is 2. The molecule has 0 bridgehead atoms. The van der Waals surface area contributed by atoms with E-state index >= 15 is 0 Å². The number of hydrogen-bond acceptors (Lipinski definition) is 8. The number of nitrogens with one attached hydrogen (secondary N) is 2. The number of nitrogens with two attached hydrogens (primary N) is 1. The van der Waals surface area contributed by atoms with Crippen LogP contribution in [0, 0.1) is 18.3 Å². The van der Waals surface area contributed by atoms with E-state index in [1.807, 2.05) is 6.07 Å². The Kier molecular flexibility index (Phi) is 6.51. The average Bonchev–Trinajstić information content (AvgIpc) is 2.70. The number of nitrogens with zero attached hydrogens (tertiary/aromatic N) is 3. The van der Waals surface area contributed by atoms with Crippen molar-refractivity contribution in [1.82, 2.24) is 9.97 Å². The molecular weight excluding hydrogens is 472 g/mol. The van der Waals surface area contributed by atoms with E-state index < -0.39 is 10.0 Å². The fraction of sp³-hybridized carbons (Fsp3) is 0.105. The van der Waals surface area contributed by atoms with Crippen LogP contribution in [0.5, 0.6) is 5.75 Å². The van der Waals surface area contributed by atoms with Crippen molar-refractivity contribution in [3.05, 3.63) is 58.7 Å². The Morgan fingerprint density at radius 2 is 1.87 bits per heavy atom. The number of hydrogen-bond donors (Lipinski definition) is 3. The Morgan fingerprint density at radius 1 is 1.17 bits per heavy atom. The molecule has 0 aliphatic carbocycles. The molecule has 4 N–H and O–H groups in total. The summed E-state index contributed by atoms with van der Waals surface area (Å²) >= 11 is 3.40. The van der Waals surface area contributed by atoms with Crippen molar-refractivity contribution in [1.29, 1.82) is 5.26 Å². The molecule has 0 aliphatic heterocycles. The topological polar surface area (TPSA) is 143 Å². The second-order valence-electron chi connectivity index (χ2n) is 6.14. The van der Waals surface area contributed by atoms with Crippen molar-refractivity contribution >= 4 is 49.1 Å². The molecule has 0 radical (unpaired) electrons. The Balaban J connectivity index is 1.80. The van der Waals surface area contributed by atoms with Gasteiger partial charge in [-0.15, -0.1) is 0 Å². The highest BCUT2D eigenvalue weighted by atomic mass is 79.9. The summed E-state index contributed by atoms with van der Waals surface area (Å²) in [4.78, 5) is 8.64. The molecule has 9 nitrogen and oxygen atoms in total. The maximum Gasteiger partial charge on any atom is 0.238 e. The van der Waals surface area contributed by atoms with Crippen LogP contribution in [0.1, 0.15) is 5.56 Å². The summed E-state index contributed by atoms with van der Waals surface area (Å²) in [7, 11) is -3.84. The molecule has 0 spiro atoms. The van der Waals surface area contributed by atoms with Crippen LogP contribution in [0.4, 0.5) is 23.1 Å². The van der Waals surface area contributed by atoms with Gasteiger partial charge in [-0.2, -0.15) is 10.2 Å². The van der Waals surface area contributed by atoms with E-state index in [2.05, 4.69) is 36.5 Å². The molecule has 0 fully saturated rings. The first-order valence-corrected chi connectivity index (χ1v) is 10.9. The fourth-order valence-electron chi connectivity index (χ4n) is 2.52. The van der Waals surface area contributed by atoms with Crippen LogP contribution in [0.15, 0.2) is 58.0 Å². The monoisotopic (exact) mass is 488 g/mol. The lowest BCUT2D eigenvalue weighted by Crippen LogP contribution is -2.14. The largest absolute Gasteiger partial charge is 0.479 e. The molecule has 3 rings (SSSR count). The molecular formula is C19H17BrN6O3S. The molecule has 0 amide bonds. The summed E-state index contributed by atoms with van der Waals surface area (Å²) in [6.07, 6.45) is 1.57. The number of rotatable bonds is 7. The first-order chi connectivity index (χ1) is 14.3. The number of sulfonamides is 1. The van der Waals surface area contributed by atoms with Gasteiger partial charge in [0.25, 0.3) is 0 Å². The number of aryl methyl sites for hydroxylation is 1. The van der Waals surface area contributed by atoms with E-state index in [-0.39, 0.29) is 17.5 Å². The second kappa shape index (κ2) is 9.08. The maximum atomic E-state index is 11.7. The van der Waals surface area contributed by atoms with Crippen LogP contribution >= 0.6 is 15.9 Å². The number of ether oxygens (including phenoxy) is 1. The molecule has 0 aliphatic rings. The highest BCUT2D eigenvalue weighted by molar-refractivity contribution is 9.10. The molecule has 30 heavy (non-hydrogen) atoms. The van der Waals surface area contributed by atoms with Gasteiger partial charge in [0.15, 0.2) is 6.61 Å². The highest BCUT2D eigenvalue weighted by Gasteiger charge is 2.13. The third-order valence-corrected chi connectivity index (χ3v) is 5.55. The van der Waals surface area contributed by atoms with E-state index in [0.717, 1.165) is 5.69 Å². The Bertz CT molecular complexity index is 1210. The third kappa shape index (κ3) is 5.44. The van der Waals surface area contributed by atoms with Gasteiger partial charge in [-0.1, -0.05) is 6.07 Å². The van der Waals surface area contributed by atoms with Gasteiger partial charge in [-0.25, -0.2) is 18.5 Å². The molecule has 154 valence electrons. The lowest BCUT2D eigenvalue weighted by atomic mass is 10.2. The fourth-order valence-corrected chi connectivity index (χ4v) is 3.61. The smallest absolute Gasteiger partial charge is 0.238 e. The van der Waals surface area contributed by atoms with Crippen LogP contribution in [-0.4, -0.2) is 25.0 Å². The molecule has 0 unspecified atom stereocenters. The van der Waals surface area contributed by atoms with Gasteiger partial charge < -0.3 is 15.4 Å². The van der Waals surface area contributed by atoms with Gasteiger partial charge in [0.2, 0.25) is 16.0 Å². The highest BCUT2D eigenvalue weighted by Crippen LogP contribution is 2.27. The average molecular weight is 489 g/mol. The Hall–Kier alpha value is -3.20. The van der Waals surface area contributed by atoms with E-state index in [1.54, 1.807) is 49.5 Å². The summed E-state index contributed by atoms with van der Waals surface area (Å²) in [6, 6.07) is 13.7. The van der Waals surface area contributed by atoms with E-state index in [0.29, 0.717) is 27.3 Å². The first-order valence-electron chi connectivity index (χ1n) is 8.56. The van der Waals surface area contributed by atoms with Crippen LogP contribution in [0.25, 0.3) is 0 Å². The van der Waals surface area contributed by atoms with Crippen molar-refractivity contribution in [2.24, 2.45) is 5.14 Å². The van der Waals surface area contributed by atoms with Crippen LogP contribution < -0.4 is 20.5 Å². The van der Waals surface area contributed by atoms with Gasteiger partial charge >= 0.3 is 0 Å². The quantitative estimate of drug-likeness (QED) is 0.457. The first kappa shape index (κ1) is 21.5. The number of benzene rings is 2. The molecule has 2 aromatic carbocycles. The molecule has 3 aromatic rings. The number of halogens is 1. The van der Waals surface area contributed by atoms with Crippen LogP contribution in [0.2, 0.25) is 0 Å². The van der Waals surface area contributed by atoms with Crippen molar-refractivity contribution < 1.29 is 13.2 Å². The predicted molar refractivity (Wildman–Crippen MR) is 116 cm³/mol. The van der Waals surface area contributed by atoms with Crippen molar-refractivity contribution in [2.45, 2.75) is 11.8 Å². The molecule has 1 aromatic heterocycles. The second-order valence-corrected chi connectivity index (χ2v) is 8.52. The lowest BCUT2D eigenvalue weighted by Gasteiger charge is -2.12. The third-order valence-electron chi connectivity index (χ3n) is 3.92. The Labute approximate surface area is 182 Å². The molecule has 1 heterocycles. The van der Waals surface area contributed by atoms with Gasteiger partial charge in [-0.05, 0) is 64.8 Å². The summed E-state index contributed by atoms with van der Waals surface area (Å²) in [6.45, 7) is 1.64. The Morgan fingerprint density at radius 3 is 2.53 bits per heavy atom. The number of primary sulfonamides is 1. The molecule has 11 heteroatoms. The van der Waals surface area contributed by atoms with Crippen LogP contribution in [0.3, 0.4) is 0 Å². The maximum absolute atomic E-state index is 11.7. The molecule has 0 saturated heterocycles. The number of anilines is 4. The zero-order valence-corrected chi connectivity index (χ0v) is 18.2. The standard InChI is InChI=1S/C19H17BrN6O3S/c1-12-2-3-14(10-17(12)30(22,27)28)25-19-23-11-16(20)18(26-19)24-13-4-6-15(7-5-13)29-9-8-21/h2-7,10-11H,9H2,1H3,(H2,22,27,28)(H2,23,24,25,26). The zero-order valence-electron chi connectivity index (χ0n) is 15.8. The summed E-state index contributed by atoms with van der Waals surface area (Å²) in [5, 5.41) is 19.9. The van der Waals surface area contributed by atoms with Gasteiger partial charge in [-0.3, -0.25) is 0 Å². The number of nitriles is 1. The summed E-state index contributed by atoms with van der Waals surface area (Å²) < 4.78 is 29.3.